The van der Waals surface area contributed by atoms with E-state index in [1.54, 1.807) is 23.5 Å². The van der Waals surface area contributed by atoms with E-state index in [9.17, 15) is 9.90 Å². The summed E-state index contributed by atoms with van der Waals surface area (Å²) in [7, 11) is 3.96. The van der Waals surface area contributed by atoms with E-state index in [0.717, 1.165) is 18.4 Å². The summed E-state index contributed by atoms with van der Waals surface area (Å²) in [5, 5.41) is 16.2. The van der Waals surface area contributed by atoms with Crippen molar-refractivity contribution in [3.05, 3.63) is 52.2 Å². The van der Waals surface area contributed by atoms with Crippen LogP contribution in [0.4, 0.5) is 4.79 Å². The second-order valence-electron chi connectivity index (χ2n) is 5.89. The molecule has 24 heavy (non-hydrogen) atoms. The minimum Gasteiger partial charge on any atom is -0.508 e. The number of likely N-dealkylation sites (N-methyl/N-ethyl adjacent to an activating group) is 1. The van der Waals surface area contributed by atoms with Gasteiger partial charge in [0, 0.05) is 19.0 Å². The molecular weight excluding hydrogens is 324 g/mol. The number of rotatable bonds is 8. The van der Waals surface area contributed by atoms with Gasteiger partial charge in [-0.2, -0.15) is 11.3 Å². The number of ether oxygens (including phenoxy) is 1. The summed E-state index contributed by atoms with van der Waals surface area (Å²) in [6.07, 6.45) is 1.13. The van der Waals surface area contributed by atoms with Gasteiger partial charge in [0.25, 0.3) is 0 Å². The first-order valence-corrected chi connectivity index (χ1v) is 8.85. The van der Waals surface area contributed by atoms with Crippen molar-refractivity contribution in [1.29, 1.82) is 0 Å². The molecule has 0 aliphatic carbocycles. The lowest BCUT2D eigenvalue weighted by atomic mass is 10.1. The highest BCUT2D eigenvalue weighted by Gasteiger charge is 2.14. The van der Waals surface area contributed by atoms with Crippen molar-refractivity contribution in [1.82, 2.24) is 10.2 Å². The molecule has 0 fully saturated rings. The molecule has 1 atom stereocenters. The van der Waals surface area contributed by atoms with E-state index < -0.39 is 0 Å². The van der Waals surface area contributed by atoms with E-state index in [4.69, 9.17) is 4.74 Å². The molecule has 6 heteroatoms. The number of amides is 1. The van der Waals surface area contributed by atoms with Crippen molar-refractivity contribution in [2.45, 2.75) is 18.9 Å². The van der Waals surface area contributed by atoms with Crippen LogP contribution in [0.15, 0.2) is 41.1 Å². The third-order valence-electron chi connectivity index (χ3n) is 3.82. The number of phenolic OH excluding ortho intramolecular Hbond substituents is 1. The van der Waals surface area contributed by atoms with Gasteiger partial charge in [-0.3, -0.25) is 0 Å². The predicted octanol–water partition coefficient (Wildman–Crippen LogP) is 2.90. The Morgan fingerprint density at radius 3 is 2.62 bits per heavy atom. The maximum absolute atomic E-state index is 11.8. The fraction of sp³-hybridized carbons (Fsp3) is 0.389. The Kier molecular flexibility index (Phi) is 7.08. The van der Waals surface area contributed by atoms with Crippen molar-refractivity contribution < 1.29 is 14.6 Å². The van der Waals surface area contributed by atoms with Crippen LogP contribution in [0.2, 0.25) is 0 Å². The minimum atomic E-state index is -0.386. The largest absolute Gasteiger partial charge is 0.508 e. The number of nitrogens with zero attached hydrogens (tertiary/aromatic N) is 1. The molecule has 2 rings (SSSR count). The van der Waals surface area contributed by atoms with Crippen molar-refractivity contribution in [2.75, 3.05) is 27.2 Å². The van der Waals surface area contributed by atoms with E-state index in [1.807, 2.05) is 37.7 Å². The average Bonchev–Trinajstić information content (AvgIpc) is 3.06. The fourth-order valence-corrected chi connectivity index (χ4v) is 2.99. The zero-order valence-corrected chi connectivity index (χ0v) is 14.9. The lowest BCUT2D eigenvalue weighted by Gasteiger charge is -2.24. The van der Waals surface area contributed by atoms with Crippen LogP contribution < -0.4 is 5.32 Å². The number of alkyl carbamates (subject to hydrolysis) is 1. The highest BCUT2D eigenvalue weighted by Crippen LogP contribution is 2.12. The molecule has 1 amide bonds. The molecule has 5 nitrogen and oxygen atoms in total. The van der Waals surface area contributed by atoms with Gasteiger partial charge in [-0.05, 0) is 60.6 Å². The maximum atomic E-state index is 11.8. The highest BCUT2D eigenvalue weighted by molar-refractivity contribution is 7.07. The molecule has 0 unspecified atom stereocenters. The minimum absolute atomic E-state index is 0.152. The van der Waals surface area contributed by atoms with Crippen LogP contribution in [-0.4, -0.2) is 49.4 Å². The smallest absolute Gasteiger partial charge is 0.407 e. The number of carbonyl (C=O) groups is 1. The molecule has 0 spiro atoms. The number of hydrogen-bond acceptors (Lipinski definition) is 5. The standard InChI is InChI=1S/C18H24N2O3S/c1-20(2)16(11-14-3-5-17(21)6-4-14)12-19-18(22)23-9-7-15-8-10-24-13-15/h3-6,8,10,13,16,21H,7,9,11-12H2,1-2H3,(H,19,22)/t16-/m0/s1. The Labute approximate surface area is 146 Å². The van der Waals surface area contributed by atoms with Gasteiger partial charge in [0.15, 0.2) is 0 Å². The molecule has 0 aliphatic heterocycles. The lowest BCUT2D eigenvalue weighted by Crippen LogP contribution is -2.41. The predicted molar refractivity (Wildman–Crippen MR) is 96.7 cm³/mol. The molecule has 0 aliphatic rings. The lowest BCUT2D eigenvalue weighted by molar-refractivity contribution is 0.143. The number of benzene rings is 1. The second kappa shape index (κ2) is 9.30. The van der Waals surface area contributed by atoms with E-state index in [-0.39, 0.29) is 17.9 Å². The summed E-state index contributed by atoms with van der Waals surface area (Å²) < 4.78 is 5.21. The number of hydrogen-bond donors (Lipinski definition) is 2. The van der Waals surface area contributed by atoms with Gasteiger partial charge in [-0.1, -0.05) is 12.1 Å². The summed E-state index contributed by atoms with van der Waals surface area (Å²) >= 11 is 1.64. The van der Waals surface area contributed by atoms with E-state index in [0.29, 0.717) is 13.2 Å². The molecule has 1 heterocycles. The Morgan fingerprint density at radius 2 is 2.00 bits per heavy atom. The topological polar surface area (TPSA) is 61.8 Å². The SMILES string of the molecule is CN(C)[C@H](CNC(=O)OCCc1ccsc1)Cc1ccc(O)cc1. The normalized spacial score (nSPS) is 12.1. The van der Waals surface area contributed by atoms with Gasteiger partial charge < -0.3 is 20.1 Å². The monoisotopic (exact) mass is 348 g/mol. The number of phenols is 1. The zero-order chi connectivity index (χ0) is 17.4. The second-order valence-corrected chi connectivity index (χ2v) is 6.67. The Bertz CT molecular complexity index is 612. The van der Waals surface area contributed by atoms with Crippen LogP contribution in [0.25, 0.3) is 0 Å². The van der Waals surface area contributed by atoms with Gasteiger partial charge in [-0.25, -0.2) is 4.79 Å². The first kappa shape index (κ1) is 18.3. The van der Waals surface area contributed by atoms with Crippen molar-refractivity contribution in [3.63, 3.8) is 0 Å². The Morgan fingerprint density at radius 1 is 1.25 bits per heavy atom. The summed E-state index contributed by atoms with van der Waals surface area (Å²) in [5.74, 6) is 0.257. The summed E-state index contributed by atoms with van der Waals surface area (Å²) in [6, 6.07) is 9.32. The Balaban J connectivity index is 1.73. The summed E-state index contributed by atoms with van der Waals surface area (Å²) in [5.41, 5.74) is 2.30. The van der Waals surface area contributed by atoms with Crippen molar-refractivity contribution in [2.24, 2.45) is 0 Å². The van der Waals surface area contributed by atoms with E-state index in [2.05, 4.69) is 15.6 Å². The van der Waals surface area contributed by atoms with Gasteiger partial charge in [0.2, 0.25) is 0 Å². The van der Waals surface area contributed by atoms with Crippen molar-refractivity contribution >= 4 is 17.4 Å². The first-order valence-electron chi connectivity index (χ1n) is 7.90. The third kappa shape index (κ3) is 6.22. The van der Waals surface area contributed by atoms with Crippen LogP contribution >= 0.6 is 11.3 Å². The van der Waals surface area contributed by atoms with E-state index >= 15 is 0 Å². The molecule has 2 N–H and O–H groups in total. The maximum Gasteiger partial charge on any atom is 0.407 e. The summed E-state index contributed by atoms with van der Waals surface area (Å²) in [6.45, 7) is 0.887. The van der Waals surface area contributed by atoms with Gasteiger partial charge >= 0.3 is 6.09 Å². The molecular formula is C18H24N2O3S. The van der Waals surface area contributed by atoms with Crippen molar-refractivity contribution in [3.8, 4) is 5.75 Å². The first-order chi connectivity index (χ1) is 11.5. The van der Waals surface area contributed by atoms with Gasteiger partial charge in [-0.15, -0.1) is 0 Å². The summed E-state index contributed by atoms with van der Waals surface area (Å²) in [4.78, 5) is 13.9. The van der Waals surface area contributed by atoms with Gasteiger partial charge in [0.05, 0.1) is 6.61 Å². The number of aromatic hydroxyl groups is 1. The molecule has 1 aromatic heterocycles. The third-order valence-corrected chi connectivity index (χ3v) is 4.56. The number of carbonyl (C=O) groups excluding carboxylic acids is 1. The fourth-order valence-electron chi connectivity index (χ4n) is 2.29. The van der Waals surface area contributed by atoms with Crippen LogP contribution in [0, 0.1) is 0 Å². The molecule has 0 bridgehead atoms. The zero-order valence-electron chi connectivity index (χ0n) is 14.1. The Hall–Kier alpha value is -2.05. The number of thiophene rings is 1. The molecule has 2 aromatic rings. The molecule has 0 saturated heterocycles. The molecule has 1 aromatic carbocycles. The molecule has 130 valence electrons. The molecule has 0 radical (unpaired) electrons. The van der Waals surface area contributed by atoms with E-state index in [1.165, 1.54) is 5.56 Å². The molecule has 0 saturated carbocycles. The van der Waals surface area contributed by atoms with Crippen LogP contribution in [0.5, 0.6) is 5.75 Å². The van der Waals surface area contributed by atoms with Gasteiger partial charge in [0.1, 0.15) is 5.75 Å². The van der Waals surface area contributed by atoms with Crippen LogP contribution in [0.3, 0.4) is 0 Å². The van der Waals surface area contributed by atoms with Crippen LogP contribution in [-0.2, 0) is 17.6 Å². The van der Waals surface area contributed by atoms with Crippen LogP contribution in [0.1, 0.15) is 11.1 Å². The number of nitrogens with one attached hydrogen (secondary N) is 1. The highest BCUT2D eigenvalue weighted by atomic mass is 32.1. The quantitative estimate of drug-likeness (QED) is 0.770. The average molecular weight is 348 g/mol.